The number of nitrogens with one attached hydrogen (secondary N) is 2. The maximum Gasteiger partial charge on any atom is 0.336 e. The largest absolute Gasteiger partial charge is 0.493 e. The van der Waals surface area contributed by atoms with Gasteiger partial charge in [0.15, 0.2) is 16.6 Å². The standard InChI is InChI=1S/C32H27N3O6S2/c1-18(29(36)35-32-34-25(17-42-32)20-10-15-26(40-2)27(16-20)41-3)43-22-13-11-21(12-14-22)33-30(37)23-8-4-6-19-7-5-9-24(28(19)23)31(38)39/h4-18H,1-3H3,(H,33,37)(H,38,39)(H,34,35,36). The van der Waals surface area contributed by atoms with Gasteiger partial charge in [0.1, 0.15) is 0 Å². The molecule has 0 fully saturated rings. The lowest BCUT2D eigenvalue weighted by atomic mass is 9.98. The third kappa shape index (κ3) is 6.63. The van der Waals surface area contributed by atoms with Gasteiger partial charge in [0.25, 0.3) is 5.91 Å². The van der Waals surface area contributed by atoms with Crippen LogP contribution < -0.4 is 20.1 Å². The Bertz CT molecular complexity index is 1810. The Morgan fingerprint density at radius 2 is 1.58 bits per heavy atom. The number of hydrogen-bond donors (Lipinski definition) is 3. The number of nitrogens with zero attached hydrogens (tertiary/aromatic N) is 1. The van der Waals surface area contributed by atoms with Gasteiger partial charge in [-0.15, -0.1) is 23.1 Å². The molecule has 5 rings (SSSR count). The number of amides is 2. The maximum atomic E-state index is 13.1. The highest BCUT2D eigenvalue weighted by Gasteiger charge is 2.19. The number of carboxylic acids is 1. The van der Waals surface area contributed by atoms with Crippen LogP contribution in [0.5, 0.6) is 11.5 Å². The van der Waals surface area contributed by atoms with Crippen molar-refractivity contribution in [2.45, 2.75) is 17.1 Å². The highest BCUT2D eigenvalue weighted by Crippen LogP contribution is 2.34. The van der Waals surface area contributed by atoms with E-state index in [0.29, 0.717) is 38.8 Å². The van der Waals surface area contributed by atoms with Crippen molar-refractivity contribution >= 4 is 62.5 Å². The summed E-state index contributed by atoms with van der Waals surface area (Å²) in [4.78, 5) is 43.1. The molecule has 0 saturated carbocycles. The van der Waals surface area contributed by atoms with Crippen LogP contribution >= 0.6 is 23.1 Å². The molecule has 0 radical (unpaired) electrons. The highest BCUT2D eigenvalue weighted by molar-refractivity contribution is 8.00. The van der Waals surface area contributed by atoms with Gasteiger partial charge in [0.05, 0.1) is 30.7 Å². The number of anilines is 2. The van der Waals surface area contributed by atoms with Gasteiger partial charge in [0.2, 0.25) is 5.91 Å². The van der Waals surface area contributed by atoms with Crippen LogP contribution in [0.15, 0.2) is 89.1 Å². The average molecular weight is 614 g/mol. The van der Waals surface area contributed by atoms with Gasteiger partial charge in [-0.25, -0.2) is 9.78 Å². The zero-order chi connectivity index (χ0) is 30.5. The van der Waals surface area contributed by atoms with Crippen molar-refractivity contribution in [1.82, 2.24) is 4.98 Å². The lowest BCUT2D eigenvalue weighted by molar-refractivity contribution is -0.115. The Labute approximate surface area is 255 Å². The zero-order valence-electron chi connectivity index (χ0n) is 23.4. The minimum Gasteiger partial charge on any atom is -0.493 e. The summed E-state index contributed by atoms with van der Waals surface area (Å²) in [5.74, 6) is -0.492. The number of aromatic nitrogens is 1. The van der Waals surface area contributed by atoms with Crippen molar-refractivity contribution in [3.8, 4) is 22.8 Å². The van der Waals surface area contributed by atoms with E-state index in [1.165, 1.54) is 29.2 Å². The van der Waals surface area contributed by atoms with Gasteiger partial charge >= 0.3 is 5.97 Å². The number of benzene rings is 4. The molecule has 2 amide bonds. The summed E-state index contributed by atoms with van der Waals surface area (Å²) in [6.07, 6.45) is 0. The minimum absolute atomic E-state index is 0.0668. The molecule has 0 aliphatic rings. The van der Waals surface area contributed by atoms with Crippen molar-refractivity contribution in [2.24, 2.45) is 0 Å². The molecule has 3 N–H and O–H groups in total. The molecule has 0 aliphatic heterocycles. The van der Waals surface area contributed by atoms with Crippen LogP contribution in [0.3, 0.4) is 0 Å². The van der Waals surface area contributed by atoms with Crippen LogP contribution in [-0.2, 0) is 4.79 Å². The van der Waals surface area contributed by atoms with Gasteiger partial charge in [-0.2, -0.15) is 0 Å². The SMILES string of the molecule is COc1ccc(-c2csc(NC(=O)C(C)Sc3ccc(NC(=O)c4cccc5cccc(C(=O)O)c45)cc3)n2)cc1OC. The van der Waals surface area contributed by atoms with E-state index >= 15 is 0 Å². The van der Waals surface area contributed by atoms with Gasteiger partial charge in [-0.1, -0.05) is 24.3 Å². The van der Waals surface area contributed by atoms with Crippen molar-refractivity contribution in [1.29, 1.82) is 0 Å². The first-order valence-electron chi connectivity index (χ1n) is 13.1. The summed E-state index contributed by atoms with van der Waals surface area (Å²) < 4.78 is 10.7. The molecule has 218 valence electrons. The summed E-state index contributed by atoms with van der Waals surface area (Å²) in [6, 6.07) is 22.6. The number of fused-ring (bicyclic) bond motifs is 1. The van der Waals surface area contributed by atoms with Crippen molar-refractivity contribution in [3.05, 3.63) is 95.4 Å². The number of carboxylic acid groups (broad SMARTS) is 1. The number of hydrogen-bond acceptors (Lipinski definition) is 8. The Kier molecular flexibility index (Phi) is 8.93. The van der Waals surface area contributed by atoms with Crippen LogP contribution in [0.25, 0.3) is 22.0 Å². The summed E-state index contributed by atoms with van der Waals surface area (Å²) in [7, 11) is 3.15. The molecule has 9 nitrogen and oxygen atoms in total. The zero-order valence-corrected chi connectivity index (χ0v) is 25.0. The molecule has 0 saturated heterocycles. The fraction of sp³-hybridized carbons (Fsp3) is 0.125. The number of thioether (sulfide) groups is 1. The van der Waals surface area contributed by atoms with Crippen LogP contribution in [0, 0.1) is 0 Å². The second-order valence-corrected chi connectivity index (χ2v) is 11.6. The quantitative estimate of drug-likeness (QED) is 0.143. The number of rotatable bonds is 10. The lowest BCUT2D eigenvalue weighted by Gasteiger charge is -2.12. The molecule has 43 heavy (non-hydrogen) atoms. The monoisotopic (exact) mass is 613 g/mol. The number of methoxy groups -OCH3 is 2. The van der Waals surface area contributed by atoms with E-state index in [9.17, 15) is 19.5 Å². The van der Waals surface area contributed by atoms with Gasteiger partial charge < -0.3 is 25.2 Å². The van der Waals surface area contributed by atoms with Crippen molar-refractivity contribution in [3.63, 3.8) is 0 Å². The van der Waals surface area contributed by atoms with Gasteiger partial charge in [-0.3, -0.25) is 9.59 Å². The first-order chi connectivity index (χ1) is 20.8. The van der Waals surface area contributed by atoms with Crippen LogP contribution in [0.4, 0.5) is 10.8 Å². The highest BCUT2D eigenvalue weighted by atomic mass is 32.2. The van der Waals surface area contributed by atoms with Crippen molar-refractivity contribution < 1.29 is 29.0 Å². The number of carbonyl (C=O) groups excluding carboxylic acids is 2. The Morgan fingerprint density at radius 3 is 2.26 bits per heavy atom. The minimum atomic E-state index is -1.10. The fourth-order valence-electron chi connectivity index (χ4n) is 4.45. The third-order valence-electron chi connectivity index (χ3n) is 6.59. The molecule has 0 aliphatic carbocycles. The third-order valence-corrected chi connectivity index (χ3v) is 8.46. The van der Waals surface area contributed by atoms with E-state index in [4.69, 9.17) is 9.47 Å². The lowest BCUT2D eigenvalue weighted by Crippen LogP contribution is -2.22. The van der Waals surface area contributed by atoms with Crippen LogP contribution in [0.2, 0.25) is 0 Å². The van der Waals surface area contributed by atoms with Crippen molar-refractivity contribution in [2.75, 3.05) is 24.9 Å². The maximum absolute atomic E-state index is 13.1. The predicted molar refractivity (Wildman–Crippen MR) is 170 cm³/mol. The second-order valence-electron chi connectivity index (χ2n) is 9.35. The summed E-state index contributed by atoms with van der Waals surface area (Å²) in [5.41, 5.74) is 2.43. The van der Waals surface area contributed by atoms with Gasteiger partial charge in [-0.05, 0) is 66.9 Å². The molecule has 0 bridgehead atoms. The Morgan fingerprint density at radius 1 is 0.884 bits per heavy atom. The summed E-state index contributed by atoms with van der Waals surface area (Å²) in [5, 5.41) is 18.3. The number of aromatic carboxylic acids is 1. The summed E-state index contributed by atoms with van der Waals surface area (Å²) >= 11 is 2.70. The molecule has 11 heteroatoms. The Balaban J connectivity index is 1.21. The van der Waals surface area contributed by atoms with Crippen LogP contribution in [-0.4, -0.2) is 47.3 Å². The fourth-order valence-corrected chi connectivity index (χ4v) is 6.04. The van der Waals surface area contributed by atoms with E-state index in [1.807, 2.05) is 29.6 Å². The van der Waals surface area contributed by atoms with E-state index in [0.717, 1.165) is 10.5 Å². The van der Waals surface area contributed by atoms with E-state index in [1.54, 1.807) is 69.7 Å². The first-order valence-corrected chi connectivity index (χ1v) is 14.8. The smallest absolute Gasteiger partial charge is 0.336 e. The average Bonchev–Trinajstić information content (AvgIpc) is 3.49. The summed E-state index contributed by atoms with van der Waals surface area (Å²) in [6.45, 7) is 1.80. The molecular formula is C32H27N3O6S2. The van der Waals surface area contributed by atoms with Crippen LogP contribution in [0.1, 0.15) is 27.6 Å². The number of carbonyl (C=O) groups is 3. The molecule has 1 atom stereocenters. The topological polar surface area (TPSA) is 127 Å². The second kappa shape index (κ2) is 13.0. The normalized spacial score (nSPS) is 11.5. The van der Waals surface area contributed by atoms with E-state index in [-0.39, 0.29) is 17.0 Å². The van der Waals surface area contributed by atoms with Gasteiger partial charge in [0, 0.05) is 32.5 Å². The molecule has 4 aromatic carbocycles. The first kappa shape index (κ1) is 29.6. The number of thiazole rings is 1. The molecule has 5 aromatic rings. The Hall–Kier alpha value is -4.87. The molecular weight excluding hydrogens is 587 g/mol. The molecule has 1 heterocycles. The molecule has 0 spiro atoms. The van der Waals surface area contributed by atoms with E-state index in [2.05, 4.69) is 15.6 Å². The molecule has 1 unspecified atom stereocenters. The predicted octanol–water partition coefficient (Wildman–Crippen LogP) is 7.05. The van der Waals surface area contributed by atoms with E-state index < -0.39 is 17.1 Å². The number of ether oxygens (including phenoxy) is 2. The molecule has 1 aromatic heterocycles.